The van der Waals surface area contributed by atoms with Crippen molar-refractivity contribution in [2.75, 3.05) is 5.73 Å². The third kappa shape index (κ3) is 3.66. The summed E-state index contributed by atoms with van der Waals surface area (Å²) in [5, 5.41) is 0.918. The number of nitrogens with two attached hydrogens (primary N) is 1. The molecule has 1 unspecified atom stereocenters. The van der Waals surface area contributed by atoms with Gasteiger partial charge in [0, 0.05) is 4.88 Å². The summed E-state index contributed by atoms with van der Waals surface area (Å²) in [6.45, 7) is 3.13. The first kappa shape index (κ1) is 21.5. The van der Waals surface area contributed by atoms with Crippen LogP contribution in [0.4, 0.5) is 5.82 Å². The summed E-state index contributed by atoms with van der Waals surface area (Å²) in [5.41, 5.74) is 8.97. The van der Waals surface area contributed by atoms with Gasteiger partial charge < -0.3 is 10.5 Å². The number of fused-ring (bicyclic) bond motifs is 4. The second-order valence-corrected chi connectivity index (χ2v) is 9.67. The van der Waals surface area contributed by atoms with Crippen LogP contribution >= 0.6 is 11.3 Å². The smallest absolute Gasteiger partial charge is 0.329 e. The molecule has 33 heavy (non-hydrogen) atoms. The molecule has 1 aliphatic heterocycles. The van der Waals surface area contributed by atoms with Crippen LogP contribution in [0.15, 0.2) is 18.2 Å². The van der Waals surface area contributed by atoms with E-state index < -0.39 is 23.8 Å². The average Bonchev–Trinajstić information content (AvgIpc) is 3.14. The van der Waals surface area contributed by atoms with Crippen LogP contribution in [0.25, 0.3) is 10.2 Å². The summed E-state index contributed by atoms with van der Waals surface area (Å²) in [7, 11) is 0. The Morgan fingerprint density at radius 3 is 2.73 bits per heavy atom. The fourth-order valence-electron chi connectivity index (χ4n) is 4.56. The lowest BCUT2D eigenvalue weighted by Crippen LogP contribution is -2.43. The molecule has 2 aromatic heterocycles. The molecule has 0 fully saturated rings. The minimum absolute atomic E-state index is 0.186. The number of benzene rings is 1. The Morgan fingerprint density at radius 1 is 1.15 bits per heavy atom. The quantitative estimate of drug-likeness (QED) is 0.356. The molecular weight excluding hydrogens is 440 g/mol. The fourth-order valence-corrected chi connectivity index (χ4v) is 5.85. The normalized spacial score (nSPS) is 16.5. The summed E-state index contributed by atoms with van der Waals surface area (Å²) in [6, 6.07) is 3.95. The zero-order valence-corrected chi connectivity index (χ0v) is 19.3. The average molecular weight is 465 g/mol. The van der Waals surface area contributed by atoms with E-state index >= 15 is 0 Å². The summed E-state index contributed by atoms with van der Waals surface area (Å²) in [5.74, 6) is -0.999. The number of esters is 1. The molecule has 2 amide bonds. The van der Waals surface area contributed by atoms with Gasteiger partial charge in [0.1, 0.15) is 16.7 Å². The standard InChI is InChI=1S/C24H24N4O4S/c1-12-8-9-14-16(10-12)23(30)28(22(14)29)13(2)24(31)32-11-18-26-20(25)19-15-6-4-3-5-7-17(15)33-21(19)27-18/h8-10,13H,3-7,11H2,1-2H3,(H2,25,26,27). The number of hydrogen-bond donors (Lipinski definition) is 1. The second-order valence-electron chi connectivity index (χ2n) is 8.58. The molecule has 0 radical (unpaired) electrons. The molecule has 9 heteroatoms. The second kappa shape index (κ2) is 8.22. The zero-order chi connectivity index (χ0) is 23.3. The SMILES string of the molecule is Cc1ccc2c(c1)C(=O)N(C(C)C(=O)OCc1nc(N)c3c4c(sc3n1)CCCCC4)C2=O. The molecule has 0 saturated carbocycles. The molecule has 1 aliphatic carbocycles. The molecule has 3 aromatic rings. The Labute approximate surface area is 194 Å². The van der Waals surface area contributed by atoms with Crippen molar-refractivity contribution in [3.8, 4) is 0 Å². The van der Waals surface area contributed by atoms with Crippen LogP contribution in [0.5, 0.6) is 0 Å². The summed E-state index contributed by atoms with van der Waals surface area (Å²) in [4.78, 5) is 50.2. The van der Waals surface area contributed by atoms with Gasteiger partial charge in [-0.1, -0.05) is 18.1 Å². The van der Waals surface area contributed by atoms with Gasteiger partial charge in [-0.25, -0.2) is 14.8 Å². The van der Waals surface area contributed by atoms with Crippen LogP contribution in [0.2, 0.25) is 0 Å². The van der Waals surface area contributed by atoms with E-state index in [9.17, 15) is 14.4 Å². The van der Waals surface area contributed by atoms with Crippen LogP contribution in [-0.4, -0.2) is 38.7 Å². The molecule has 5 rings (SSSR count). The first-order valence-electron chi connectivity index (χ1n) is 11.1. The van der Waals surface area contributed by atoms with E-state index in [0.29, 0.717) is 22.8 Å². The highest BCUT2D eigenvalue weighted by Crippen LogP contribution is 2.37. The number of aromatic nitrogens is 2. The van der Waals surface area contributed by atoms with Crippen molar-refractivity contribution in [1.82, 2.24) is 14.9 Å². The Hall–Kier alpha value is -3.33. The topological polar surface area (TPSA) is 115 Å². The molecule has 1 aromatic carbocycles. The lowest BCUT2D eigenvalue weighted by atomic mass is 10.1. The lowest BCUT2D eigenvalue weighted by molar-refractivity contribution is -0.149. The molecule has 3 heterocycles. The number of nitrogens with zero attached hydrogens (tertiary/aromatic N) is 3. The monoisotopic (exact) mass is 464 g/mol. The van der Waals surface area contributed by atoms with E-state index in [1.54, 1.807) is 29.5 Å². The lowest BCUT2D eigenvalue weighted by Gasteiger charge is -2.20. The number of aryl methyl sites for hydroxylation is 3. The van der Waals surface area contributed by atoms with Crippen LogP contribution in [0.3, 0.4) is 0 Å². The Morgan fingerprint density at radius 2 is 1.91 bits per heavy atom. The minimum atomic E-state index is -1.07. The van der Waals surface area contributed by atoms with E-state index in [1.807, 2.05) is 6.92 Å². The number of thiophene rings is 1. The zero-order valence-electron chi connectivity index (χ0n) is 18.5. The minimum Gasteiger partial charge on any atom is -0.456 e. The van der Waals surface area contributed by atoms with E-state index in [1.165, 1.54) is 23.8 Å². The summed E-state index contributed by atoms with van der Waals surface area (Å²) < 4.78 is 5.39. The van der Waals surface area contributed by atoms with Crippen LogP contribution in [-0.2, 0) is 29.0 Å². The maximum absolute atomic E-state index is 12.7. The van der Waals surface area contributed by atoms with Crippen molar-refractivity contribution < 1.29 is 19.1 Å². The predicted molar refractivity (Wildman–Crippen MR) is 124 cm³/mol. The number of ether oxygens (including phenoxy) is 1. The first-order chi connectivity index (χ1) is 15.8. The largest absolute Gasteiger partial charge is 0.456 e. The number of imide groups is 1. The van der Waals surface area contributed by atoms with Gasteiger partial charge in [0.05, 0.1) is 16.5 Å². The third-order valence-corrected chi connectivity index (χ3v) is 7.47. The maximum atomic E-state index is 12.7. The highest BCUT2D eigenvalue weighted by atomic mass is 32.1. The third-order valence-electron chi connectivity index (χ3n) is 6.28. The molecule has 0 bridgehead atoms. The van der Waals surface area contributed by atoms with Crippen molar-refractivity contribution in [3.63, 3.8) is 0 Å². The molecular formula is C24H24N4O4S. The van der Waals surface area contributed by atoms with Crippen molar-refractivity contribution >= 4 is 45.2 Å². The predicted octanol–water partition coefficient (Wildman–Crippen LogP) is 3.58. The molecule has 0 spiro atoms. The van der Waals surface area contributed by atoms with Gasteiger partial charge in [-0.2, -0.15) is 0 Å². The van der Waals surface area contributed by atoms with E-state index in [-0.39, 0.29) is 6.61 Å². The molecule has 1 atom stereocenters. The van der Waals surface area contributed by atoms with Gasteiger partial charge in [0.25, 0.3) is 11.8 Å². The van der Waals surface area contributed by atoms with Gasteiger partial charge in [-0.05, 0) is 57.2 Å². The van der Waals surface area contributed by atoms with Crippen LogP contribution in [0, 0.1) is 6.92 Å². The maximum Gasteiger partial charge on any atom is 0.329 e. The molecule has 0 saturated heterocycles. The number of amides is 2. The van der Waals surface area contributed by atoms with E-state index in [2.05, 4.69) is 9.97 Å². The van der Waals surface area contributed by atoms with Gasteiger partial charge in [-0.15, -0.1) is 11.3 Å². The number of carbonyl (C=O) groups is 3. The molecule has 2 aliphatic rings. The van der Waals surface area contributed by atoms with Crippen molar-refractivity contribution in [2.24, 2.45) is 0 Å². The van der Waals surface area contributed by atoms with Gasteiger partial charge in [-0.3, -0.25) is 14.5 Å². The number of nitrogen functional groups attached to an aromatic ring is 1. The van der Waals surface area contributed by atoms with Crippen LogP contribution in [0.1, 0.15) is 68.7 Å². The van der Waals surface area contributed by atoms with E-state index in [4.69, 9.17) is 10.5 Å². The van der Waals surface area contributed by atoms with Crippen molar-refractivity contribution in [2.45, 2.75) is 58.6 Å². The van der Waals surface area contributed by atoms with Gasteiger partial charge in [0.2, 0.25) is 0 Å². The highest BCUT2D eigenvalue weighted by Gasteiger charge is 2.41. The van der Waals surface area contributed by atoms with Crippen LogP contribution < -0.4 is 5.73 Å². The number of carbonyl (C=O) groups excluding carboxylic acids is 3. The Balaban J connectivity index is 1.32. The fraction of sp³-hybridized carbons (Fsp3) is 0.375. The van der Waals surface area contributed by atoms with Crippen molar-refractivity contribution in [3.05, 3.63) is 51.2 Å². The first-order valence-corrected chi connectivity index (χ1v) is 11.9. The summed E-state index contributed by atoms with van der Waals surface area (Å²) >= 11 is 1.63. The molecule has 170 valence electrons. The molecule has 8 nitrogen and oxygen atoms in total. The number of rotatable bonds is 4. The van der Waals surface area contributed by atoms with E-state index in [0.717, 1.165) is 46.4 Å². The van der Waals surface area contributed by atoms with Gasteiger partial charge in [0.15, 0.2) is 12.4 Å². The van der Waals surface area contributed by atoms with Gasteiger partial charge >= 0.3 is 5.97 Å². The Kier molecular flexibility index (Phi) is 5.36. The van der Waals surface area contributed by atoms with Crippen molar-refractivity contribution in [1.29, 1.82) is 0 Å². The Bertz CT molecular complexity index is 1320. The number of hydrogen-bond acceptors (Lipinski definition) is 8. The highest BCUT2D eigenvalue weighted by molar-refractivity contribution is 7.19. The summed E-state index contributed by atoms with van der Waals surface area (Å²) in [6.07, 6.45) is 5.51. The molecule has 2 N–H and O–H groups in total. The number of anilines is 1.